The molecule has 1 unspecified atom stereocenters. The normalized spacial score (nSPS) is 12.2. The van der Waals surface area contributed by atoms with Crippen molar-refractivity contribution < 1.29 is 4.79 Å². The van der Waals surface area contributed by atoms with E-state index in [0.717, 1.165) is 19.5 Å². The van der Waals surface area contributed by atoms with Gasteiger partial charge in [0.1, 0.15) is 0 Å². The van der Waals surface area contributed by atoms with E-state index in [4.69, 9.17) is 0 Å². The summed E-state index contributed by atoms with van der Waals surface area (Å²) in [5, 5.41) is 5.11. The number of nitrogens with one attached hydrogen (secondary N) is 1. The van der Waals surface area contributed by atoms with Crippen molar-refractivity contribution in [3.8, 4) is 0 Å². The molecule has 1 aromatic heterocycles. The zero-order valence-electron chi connectivity index (χ0n) is 10.2. The molecule has 0 saturated carbocycles. The minimum atomic E-state index is 0.0326. The first-order valence-corrected chi connectivity index (χ1v) is 6.69. The Morgan fingerprint density at radius 2 is 2.12 bits per heavy atom. The second-order valence-corrected chi connectivity index (χ2v) is 4.58. The zero-order valence-corrected chi connectivity index (χ0v) is 11.0. The lowest BCUT2D eigenvalue weighted by Crippen LogP contribution is -2.41. The number of thiophene rings is 1. The number of urea groups is 1. The Hall–Kier alpha value is -1.03. The van der Waals surface area contributed by atoms with Gasteiger partial charge in [-0.05, 0) is 31.7 Å². The molecular weight excluding hydrogens is 220 g/mol. The second-order valence-electron chi connectivity index (χ2n) is 3.60. The molecule has 0 aliphatic rings. The van der Waals surface area contributed by atoms with Crippen LogP contribution in [0.3, 0.4) is 0 Å². The molecule has 0 spiro atoms. The largest absolute Gasteiger partial charge is 0.330 e. The molecule has 1 atom stereocenters. The van der Waals surface area contributed by atoms with Crippen molar-refractivity contribution in [2.24, 2.45) is 0 Å². The van der Waals surface area contributed by atoms with Crippen LogP contribution in [-0.4, -0.2) is 24.0 Å². The molecule has 1 heterocycles. The van der Waals surface area contributed by atoms with Crippen LogP contribution in [0.25, 0.3) is 0 Å². The van der Waals surface area contributed by atoms with E-state index < -0.39 is 0 Å². The van der Waals surface area contributed by atoms with Crippen LogP contribution < -0.4 is 5.32 Å². The Kier molecular flexibility index (Phi) is 5.32. The lowest BCUT2D eigenvalue weighted by molar-refractivity contribution is 0.199. The SMILES string of the molecule is CCC(NC(=O)N(CC)CC)c1cccs1. The molecule has 1 N–H and O–H groups in total. The molecule has 1 aromatic rings. The topological polar surface area (TPSA) is 32.3 Å². The number of rotatable bonds is 5. The number of amides is 2. The molecule has 1 rings (SSSR count). The molecule has 0 bridgehead atoms. The van der Waals surface area contributed by atoms with Gasteiger partial charge >= 0.3 is 6.03 Å². The van der Waals surface area contributed by atoms with Gasteiger partial charge in [-0.25, -0.2) is 4.79 Å². The third-order valence-corrected chi connectivity index (χ3v) is 3.63. The molecular formula is C12H20N2OS. The maximum absolute atomic E-state index is 11.9. The highest BCUT2D eigenvalue weighted by Gasteiger charge is 2.16. The van der Waals surface area contributed by atoms with Gasteiger partial charge in [0.15, 0.2) is 0 Å². The average molecular weight is 240 g/mol. The van der Waals surface area contributed by atoms with Gasteiger partial charge in [-0.3, -0.25) is 0 Å². The molecule has 0 saturated heterocycles. The molecule has 0 aliphatic heterocycles. The molecule has 4 heteroatoms. The first-order chi connectivity index (χ1) is 7.72. The molecule has 0 aliphatic carbocycles. The summed E-state index contributed by atoms with van der Waals surface area (Å²) in [5.41, 5.74) is 0. The second kappa shape index (κ2) is 6.53. The Bertz CT molecular complexity index is 307. The highest BCUT2D eigenvalue weighted by molar-refractivity contribution is 7.10. The van der Waals surface area contributed by atoms with Gasteiger partial charge in [0.05, 0.1) is 6.04 Å². The van der Waals surface area contributed by atoms with Crippen molar-refractivity contribution in [1.82, 2.24) is 10.2 Å². The van der Waals surface area contributed by atoms with Crippen LogP contribution in [0.4, 0.5) is 4.79 Å². The van der Waals surface area contributed by atoms with E-state index in [2.05, 4.69) is 18.3 Å². The monoisotopic (exact) mass is 240 g/mol. The number of hydrogen-bond acceptors (Lipinski definition) is 2. The van der Waals surface area contributed by atoms with Crippen LogP contribution >= 0.6 is 11.3 Å². The zero-order chi connectivity index (χ0) is 12.0. The average Bonchev–Trinajstić information content (AvgIpc) is 2.81. The molecule has 16 heavy (non-hydrogen) atoms. The van der Waals surface area contributed by atoms with Gasteiger partial charge in [-0.15, -0.1) is 11.3 Å². The first-order valence-electron chi connectivity index (χ1n) is 5.81. The van der Waals surface area contributed by atoms with Gasteiger partial charge < -0.3 is 10.2 Å². The Morgan fingerprint density at radius 3 is 2.56 bits per heavy atom. The van der Waals surface area contributed by atoms with Gasteiger partial charge in [-0.2, -0.15) is 0 Å². The van der Waals surface area contributed by atoms with Gasteiger partial charge in [0.2, 0.25) is 0 Å². The Balaban J connectivity index is 2.60. The smallest absolute Gasteiger partial charge is 0.317 e. The van der Waals surface area contributed by atoms with Crippen molar-refractivity contribution in [2.75, 3.05) is 13.1 Å². The van der Waals surface area contributed by atoms with Crippen LogP contribution in [0, 0.1) is 0 Å². The van der Waals surface area contributed by atoms with E-state index in [0.29, 0.717) is 0 Å². The van der Waals surface area contributed by atoms with Crippen molar-refractivity contribution >= 4 is 17.4 Å². The fraction of sp³-hybridized carbons (Fsp3) is 0.583. The third-order valence-electron chi connectivity index (χ3n) is 2.64. The van der Waals surface area contributed by atoms with Gasteiger partial charge in [0.25, 0.3) is 0 Å². The first kappa shape index (κ1) is 13.0. The summed E-state index contributed by atoms with van der Waals surface area (Å²) in [6, 6.07) is 4.27. The molecule has 90 valence electrons. The van der Waals surface area contributed by atoms with Crippen LogP contribution in [0.15, 0.2) is 17.5 Å². The summed E-state index contributed by atoms with van der Waals surface area (Å²) in [6.07, 6.45) is 0.924. The summed E-state index contributed by atoms with van der Waals surface area (Å²) >= 11 is 1.69. The predicted octanol–water partition coefficient (Wildman–Crippen LogP) is 3.25. The van der Waals surface area contributed by atoms with Crippen LogP contribution in [0.2, 0.25) is 0 Å². The molecule has 0 fully saturated rings. The number of hydrogen-bond donors (Lipinski definition) is 1. The number of carbonyl (C=O) groups is 1. The predicted molar refractivity (Wildman–Crippen MR) is 68.8 cm³/mol. The summed E-state index contributed by atoms with van der Waals surface area (Å²) in [5.74, 6) is 0. The fourth-order valence-corrected chi connectivity index (χ4v) is 2.48. The van der Waals surface area contributed by atoms with Crippen molar-refractivity contribution in [2.45, 2.75) is 33.2 Å². The van der Waals surface area contributed by atoms with Crippen molar-refractivity contribution in [1.29, 1.82) is 0 Å². The number of carbonyl (C=O) groups excluding carboxylic acids is 1. The van der Waals surface area contributed by atoms with E-state index >= 15 is 0 Å². The highest BCUT2D eigenvalue weighted by atomic mass is 32.1. The maximum Gasteiger partial charge on any atom is 0.317 e. The third kappa shape index (κ3) is 3.23. The molecule has 2 amide bonds. The summed E-state index contributed by atoms with van der Waals surface area (Å²) in [7, 11) is 0. The van der Waals surface area contributed by atoms with E-state index in [-0.39, 0.29) is 12.1 Å². The summed E-state index contributed by atoms with van der Waals surface area (Å²) in [4.78, 5) is 14.9. The van der Waals surface area contributed by atoms with Crippen molar-refractivity contribution in [3.63, 3.8) is 0 Å². The van der Waals surface area contributed by atoms with Crippen molar-refractivity contribution in [3.05, 3.63) is 22.4 Å². The summed E-state index contributed by atoms with van der Waals surface area (Å²) < 4.78 is 0. The van der Waals surface area contributed by atoms with Crippen LogP contribution in [0.5, 0.6) is 0 Å². The lowest BCUT2D eigenvalue weighted by Gasteiger charge is -2.23. The van der Waals surface area contributed by atoms with E-state index in [1.54, 1.807) is 16.2 Å². The maximum atomic E-state index is 11.9. The molecule has 0 radical (unpaired) electrons. The highest BCUT2D eigenvalue weighted by Crippen LogP contribution is 2.21. The van der Waals surface area contributed by atoms with E-state index in [1.165, 1.54) is 4.88 Å². The van der Waals surface area contributed by atoms with E-state index in [1.807, 2.05) is 25.3 Å². The van der Waals surface area contributed by atoms with Gasteiger partial charge in [-0.1, -0.05) is 13.0 Å². The molecule has 3 nitrogen and oxygen atoms in total. The lowest BCUT2D eigenvalue weighted by atomic mass is 10.2. The standard InChI is InChI=1S/C12H20N2OS/c1-4-10(11-8-7-9-16-11)13-12(15)14(5-2)6-3/h7-10H,4-6H2,1-3H3,(H,13,15). The minimum absolute atomic E-state index is 0.0326. The molecule has 0 aromatic carbocycles. The number of nitrogens with zero attached hydrogens (tertiary/aromatic N) is 1. The van der Waals surface area contributed by atoms with Crippen LogP contribution in [-0.2, 0) is 0 Å². The minimum Gasteiger partial charge on any atom is -0.330 e. The van der Waals surface area contributed by atoms with Crippen LogP contribution in [0.1, 0.15) is 38.1 Å². The Morgan fingerprint density at radius 1 is 1.44 bits per heavy atom. The fourth-order valence-electron chi connectivity index (χ4n) is 1.62. The van der Waals surface area contributed by atoms with Gasteiger partial charge in [0, 0.05) is 18.0 Å². The quantitative estimate of drug-likeness (QED) is 0.842. The van der Waals surface area contributed by atoms with E-state index in [9.17, 15) is 4.79 Å². The summed E-state index contributed by atoms with van der Waals surface area (Å²) in [6.45, 7) is 7.59. The Labute approximate surface area is 101 Å².